The normalized spacial score (nSPS) is 16.2. The van der Waals surface area contributed by atoms with Crippen LogP contribution < -0.4 is 15.6 Å². The van der Waals surface area contributed by atoms with E-state index in [0.29, 0.717) is 17.2 Å². The number of hydrogen-bond donors (Lipinski definition) is 2. The molecule has 28 heavy (non-hydrogen) atoms. The zero-order chi connectivity index (χ0) is 19.3. The number of hydrazine groups is 1. The van der Waals surface area contributed by atoms with Gasteiger partial charge in [0.05, 0.1) is 11.1 Å². The number of nitrogens with zero attached hydrogens (tertiary/aromatic N) is 1. The molecular formula is C22H19BrClN3O. The zero-order valence-electron chi connectivity index (χ0n) is 15.0. The number of aliphatic imine (C=N–C) groups is 1. The monoisotopic (exact) mass is 455 g/mol. The van der Waals surface area contributed by atoms with Gasteiger partial charge in [0.25, 0.3) is 0 Å². The minimum absolute atomic E-state index is 0.0992. The van der Waals surface area contributed by atoms with E-state index >= 15 is 0 Å². The highest BCUT2D eigenvalue weighted by Crippen LogP contribution is 2.31. The number of ether oxygens (including phenoxy) is 1. The summed E-state index contributed by atoms with van der Waals surface area (Å²) in [6.45, 7) is 0.755. The van der Waals surface area contributed by atoms with Crippen molar-refractivity contribution in [2.75, 3.05) is 6.54 Å². The number of halogens is 2. The second-order valence-electron chi connectivity index (χ2n) is 6.51. The third kappa shape index (κ3) is 4.73. The first-order valence-electron chi connectivity index (χ1n) is 9.00. The van der Waals surface area contributed by atoms with Crippen LogP contribution in [0.5, 0.6) is 11.5 Å². The zero-order valence-corrected chi connectivity index (χ0v) is 17.4. The molecular weight excluding hydrogens is 438 g/mol. The van der Waals surface area contributed by atoms with E-state index in [1.54, 1.807) is 0 Å². The summed E-state index contributed by atoms with van der Waals surface area (Å²) < 4.78 is 6.93. The third-order valence-electron chi connectivity index (χ3n) is 4.42. The third-order valence-corrected chi connectivity index (χ3v) is 5.22. The van der Waals surface area contributed by atoms with Crippen molar-refractivity contribution >= 4 is 33.4 Å². The van der Waals surface area contributed by atoms with Crippen molar-refractivity contribution in [3.63, 3.8) is 0 Å². The number of nitrogens with one attached hydrogen (secondary N) is 2. The topological polar surface area (TPSA) is 45.7 Å². The van der Waals surface area contributed by atoms with E-state index in [1.807, 2.05) is 60.7 Å². The molecule has 1 unspecified atom stereocenters. The Morgan fingerprint density at radius 3 is 2.71 bits per heavy atom. The Labute approximate surface area is 177 Å². The van der Waals surface area contributed by atoms with E-state index in [4.69, 9.17) is 21.3 Å². The van der Waals surface area contributed by atoms with Crippen LogP contribution in [0.15, 0.2) is 82.3 Å². The summed E-state index contributed by atoms with van der Waals surface area (Å²) in [5.74, 6) is 2.24. The lowest BCUT2D eigenvalue weighted by Crippen LogP contribution is -2.45. The minimum Gasteiger partial charge on any atom is -0.456 e. The van der Waals surface area contributed by atoms with E-state index in [-0.39, 0.29) is 6.04 Å². The molecule has 0 aromatic heterocycles. The maximum atomic E-state index is 6.34. The molecule has 0 aliphatic carbocycles. The molecule has 2 N–H and O–H groups in total. The van der Waals surface area contributed by atoms with Crippen LogP contribution in [0.3, 0.4) is 0 Å². The summed E-state index contributed by atoms with van der Waals surface area (Å²) in [5, 5.41) is 0.572. The standard InChI is InChI=1S/C22H19BrClN3O/c23-17-7-4-8-18(13-17)28-21-11-15(9-10-19(21)24)12-22-26-20(14-25-27-22)16-5-2-1-3-6-16/h1-11,13,20,25H,12,14H2,(H,26,27). The van der Waals surface area contributed by atoms with E-state index in [0.717, 1.165) is 28.2 Å². The van der Waals surface area contributed by atoms with Gasteiger partial charge >= 0.3 is 0 Å². The summed E-state index contributed by atoms with van der Waals surface area (Å²) in [4.78, 5) is 4.86. The molecule has 0 bridgehead atoms. The van der Waals surface area contributed by atoms with Crippen molar-refractivity contribution in [2.24, 2.45) is 4.99 Å². The minimum atomic E-state index is 0.0992. The number of amidine groups is 1. The van der Waals surface area contributed by atoms with Crippen molar-refractivity contribution < 1.29 is 4.74 Å². The summed E-state index contributed by atoms with van der Waals surface area (Å²) in [7, 11) is 0. The van der Waals surface area contributed by atoms with Crippen LogP contribution in [0.25, 0.3) is 0 Å². The predicted molar refractivity (Wildman–Crippen MR) is 117 cm³/mol. The van der Waals surface area contributed by atoms with Gasteiger partial charge in [0.1, 0.15) is 17.3 Å². The van der Waals surface area contributed by atoms with Crippen molar-refractivity contribution in [1.82, 2.24) is 10.9 Å². The van der Waals surface area contributed by atoms with Crippen molar-refractivity contribution in [1.29, 1.82) is 0 Å². The molecule has 3 aromatic carbocycles. The summed E-state index contributed by atoms with van der Waals surface area (Å²) in [6.07, 6.45) is 0.655. The smallest absolute Gasteiger partial charge is 0.146 e. The maximum absolute atomic E-state index is 6.34. The molecule has 1 aliphatic heterocycles. The second-order valence-corrected chi connectivity index (χ2v) is 7.83. The van der Waals surface area contributed by atoms with Gasteiger partial charge in [-0.1, -0.05) is 70.0 Å². The van der Waals surface area contributed by atoms with Gasteiger partial charge in [-0.2, -0.15) is 0 Å². The average Bonchev–Trinajstić information content (AvgIpc) is 2.71. The molecule has 4 nitrogen and oxygen atoms in total. The highest BCUT2D eigenvalue weighted by molar-refractivity contribution is 9.10. The number of hydrogen-bond acceptors (Lipinski definition) is 4. The first-order chi connectivity index (χ1) is 13.7. The fourth-order valence-corrected chi connectivity index (χ4v) is 3.59. The van der Waals surface area contributed by atoms with Gasteiger partial charge in [-0.05, 0) is 41.5 Å². The maximum Gasteiger partial charge on any atom is 0.146 e. The van der Waals surface area contributed by atoms with Crippen molar-refractivity contribution in [3.8, 4) is 11.5 Å². The summed E-state index contributed by atoms with van der Waals surface area (Å²) in [5.41, 5.74) is 8.67. The Bertz CT molecular complexity index is 994. The number of rotatable bonds is 5. The molecule has 6 heteroatoms. The van der Waals surface area contributed by atoms with Crippen LogP contribution in [-0.4, -0.2) is 12.4 Å². The van der Waals surface area contributed by atoms with Gasteiger partial charge in [-0.3, -0.25) is 4.99 Å². The van der Waals surface area contributed by atoms with Crippen LogP contribution in [0.2, 0.25) is 5.02 Å². The molecule has 1 heterocycles. The van der Waals surface area contributed by atoms with Crippen LogP contribution in [0, 0.1) is 0 Å². The van der Waals surface area contributed by atoms with Gasteiger partial charge < -0.3 is 10.2 Å². The molecule has 0 fully saturated rings. The fourth-order valence-electron chi connectivity index (χ4n) is 3.06. The Morgan fingerprint density at radius 1 is 1.04 bits per heavy atom. The summed E-state index contributed by atoms with van der Waals surface area (Å²) >= 11 is 9.79. The molecule has 1 aliphatic rings. The van der Waals surface area contributed by atoms with E-state index in [9.17, 15) is 0 Å². The highest BCUT2D eigenvalue weighted by atomic mass is 79.9. The molecule has 0 radical (unpaired) electrons. The quantitative estimate of drug-likeness (QED) is 0.519. The van der Waals surface area contributed by atoms with Gasteiger partial charge in [0.15, 0.2) is 0 Å². The molecule has 0 amide bonds. The first-order valence-corrected chi connectivity index (χ1v) is 10.2. The lowest BCUT2D eigenvalue weighted by Gasteiger charge is -2.23. The molecule has 3 aromatic rings. The fraction of sp³-hybridized carbons (Fsp3) is 0.136. The Kier molecular flexibility index (Phi) is 5.95. The lowest BCUT2D eigenvalue weighted by molar-refractivity contribution is 0.482. The van der Waals surface area contributed by atoms with Crippen LogP contribution >= 0.6 is 27.5 Å². The second kappa shape index (κ2) is 8.78. The first kappa shape index (κ1) is 19.0. The Morgan fingerprint density at radius 2 is 1.89 bits per heavy atom. The largest absolute Gasteiger partial charge is 0.456 e. The van der Waals surface area contributed by atoms with E-state index < -0.39 is 0 Å². The number of benzene rings is 3. The van der Waals surface area contributed by atoms with Crippen LogP contribution in [0.1, 0.15) is 17.2 Å². The molecule has 0 saturated carbocycles. The van der Waals surface area contributed by atoms with Gasteiger partial charge in [0.2, 0.25) is 0 Å². The van der Waals surface area contributed by atoms with Crippen LogP contribution in [0.4, 0.5) is 0 Å². The summed E-state index contributed by atoms with van der Waals surface area (Å²) in [6, 6.07) is 23.9. The molecule has 0 spiro atoms. The molecule has 142 valence electrons. The SMILES string of the molecule is Clc1ccc(CC2=NC(c3ccccc3)CNN2)cc1Oc1cccc(Br)c1. The Balaban J connectivity index is 1.52. The van der Waals surface area contributed by atoms with Gasteiger partial charge in [0, 0.05) is 17.4 Å². The van der Waals surface area contributed by atoms with E-state index in [2.05, 4.69) is 38.9 Å². The predicted octanol–water partition coefficient (Wildman–Crippen LogP) is 5.68. The van der Waals surface area contributed by atoms with Crippen molar-refractivity contribution in [3.05, 3.63) is 93.4 Å². The van der Waals surface area contributed by atoms with E-state index in [1.165, 1.54) is 5.56 Å². The van der Waals surface area contributed by atoms with Gasteiger partial charge in [-0.15, -0.1) is 0 Å². The molecule has 0 saturated heterocycles. The van der Waals surface area contributed by atoms with Crippen LogP contribution in [-0.2, 0) is 6.42 Å². The Hall–Kier alpha value is -2.34. The molecule has 4 rings (SSSR count). The molecule has 1 atom stereocenters. The van der Waals surface area contributed by atoms with Crippen molar-refractivity contribution in [2.45, 2.75) is 12.5 Å². The average molecular weight is 457 g/mol. The van der Waals surface area contributed by atoms with Gasteiger partial charge in [-0.25, -0.2) is 5.43 Å². The highest BCUT2D eigenvalue weighted by Gasteiger charge is 2.16. The lowest BCUT2D eigenvalue weighted by atomic mass is 10.1.